The van der Waals surface area contributed by atoms with Gasteiger partial charge in [0.05, 0.1) is 0 Å². The molecule has 1 unspecified atom stereocenters. The van der Waals surface area contributed by atoms with Gasteiger partial charge in [0.25, 0.3) is 0 Å². The summed E-state index contributed by atoms with van der Waals surface area (Å²) in [5.74, 6) is 0. The fourth-order valence-corrected chi connectivity index (χ4v) is 4.10. The van der Waals surface area contributed by atoms with Crippen molar-refractivity contribution in [1.29, 1.82) is 0 Å². The minimum atomic E-state index is 0.555. The van der Waals surface area contributed by atoms with Gasteiger partial charge in [0, 0.05) is 50.7 Å². The highest BCUT2D eigenvalue weighted by Gasteiger charge is 2.26. The molecule has 3 nitrogen and oxygen atoms in total. The molecule has 1 fully saturated rings. The Balaban J connectivity index is 1.43. The van der Waals surface area contributed by atoms with Gasteiger partial charge in [-0.2, -0.15) is 0 Å². The van der Waals surface area contributed by atoms with Gasteiger partial charge in [0.15, 0.2) is 0 Å². The summed E-state index contributed by atoms with van der Waals surface area (Å²) in [4.78, 5) is 9.80. The largest absolute Gasteiger partial charge is 0.296 e. The molecule has 1 aliphatic heterocycles. The molecule has 1 atom stereocenters. The van der Waals surface area contributed by atoms with E-state index in [1.54, 1.807) is 0 Å². The van der Waals surface area contributed by atoms with Gasteiger partial charge in [0.2, 0.25) is 0 Å². The van der Waals surface area contributed by atoms with Gasteiger partial charge in [-0.05, 0) is 36.1 Å². The zero-order valence-corrected chi connectivity index (χ0v) is 16.5. The Morgan fingerprint density at radius 3 is 2.11 bits per heavy atom. The summed E-state index contributed by atoms with van der Waals surface area (Å²) in [6.07, 6.45) is 4.09. The molecule has 1 aromatic heterocycles. The van der Waals surface area contributed by atoms with Gasteiger partial charge < -0.3 is 0 Å². The number of pyridine rings is 1. The van der Waals surface area contributed by atoms with E-state index in [1.807, 2.05) is 12.3 Å². The summed E-state index contributed by atoms with van der Waals surface area (Å²) in [5.41, 5.74) is 4.01. The first-order valence-corrected chi connectivity index (χ1v) is 10.3. The van der Waals surface area contributed by atoms with E-state index in [0.29, 0.717) is 6.04 Å². The van der Waals surface area contributed by atoms with E-state index in [9.17, 15) is 0 Å². The highest BCUT2D eigenvalue weighted by Crippen LogP contribution is 2.20. The molecule has 0 bridgehead atoms. The van der Waals surface area contributed by atoms with Crippen LogP contribution >= 0.6 is 0 Å². The summed E-state index contributed by atoms with van der Waals surface area (Å²) in [5, 5.41) is 0. The van der Waals surface area contributed by atoms with Gasteiger partial charge in [-0.1, -0.05) is 66.7 Å². The second-order valence-electron chi connectivity index (χ2n) is 7.69. The molecule has 0 radical (unpaired) electrons. The summed E-state index contributed by atoms with van der Waals surface area (Å²) < 4.78 is 0. The zero-order valence-electron chi connectivity index (χ0n) is 16.5. The lowest BCUT2D eigenvalue weighted by molar-refractivity contribution is 0.0596. The first-order chi connectivity index (χ1) is 13.9. The summed E-state index contributed by atoms with van der Waals surface area (Å²) >= 11 is 0. The van der Waals surface area contributed by atoms with E-state index in [4.69, 9.17) is 0 Å². The smallest absolute Gasteiger partial charge is 0.0404 e. The van der Waals surface area contributed by atoms with Gasteiger partial charge >= 0.3 is 0 Å². The van der Waals surface area contributed by atoms with Crippen molar-refractivity contribution in [3.05, 3.63) is 102 Å². The number of rotatable bonds is 7. The van der Waals surface area contributed by atoms with Gasteiger partial charge in [-0.25, -0.2) is 0 Å². The third-order valence-corrected chi connectivity index (χ3v) is 5.63. The van der Waals surface area contributed by atoms with Crippen LogP contribution in [0.1, 0.15) is 23.2 Å². The van der Waals surface area contributed by atoms with Crippen molar-refractivity contribution in [3.8, 4) is 0 Å². The average molecular weight is 372 g/mol. The molecule has 0 amide bonds. The van der Waals surface area contributed by atoms with Crippen LogP contribution in [0.2, 0.25) is 0 Å². The topological polar surface area (TPSA) is 19.4 Å². The lowest BCUT2D eigenvalue weighted by Crippen LogP contribution is -2.52. The van der Waals surface area contributed by atoms with Crippen LogP contribution in [0.3, 0.4) is 0 Å². The Morgan fingerprint density at radius 2 is 1.43 bits per heavy atom. The predicted octanol–water partition coefficient (Wildman–Crippen LogP) is 4.40. The molecule has 1 saturated heterocycles. The Bertz CT molecular complexity index is 820. The molecule has 2 aromatic carbocycles. The van der Waals surface area contributed by atoms with Gasteiger partial charge in [-0.15, -0.1) is 0 Å². The van der Waals surface area contributed by atoms with Gasteiger partial charge in [0.1, 0.15) is 0 Å². The second kappa shape index (κ2) is 9.63. The molecule has 0 spiro atoms. The Kier molecular flexibility index (Phi) is 6.48. The molecule has 3 heteroatoms. The number of piperazine rings is 1. The monoisotopic (exact) mass is 371 g/mol. The first kappa shape index (κ1) is 18.9. The van der Waals surface area contributed by atoms with Crippen molar-refractivity contribution in [2.24, 2.45) is 0 Å². The molecule has 0 N–H and O–H groups in total. The van der Waals surface area contributed by atoms with Crippen molar-refractivity contribution >= 4 is 0 Å². The second-order valence-corrected chi connectivity index (χ2v) is 7.69. The summed E-state index contributed by atoms with van der Waals surface area (Å²) in [6, 6.07) is 28.5. The lowest BCUT2D eigenvalue weighted by Gasteiger charge is -2.41. The normalized spacial score (nSPS) is 18.2. The Hall–Kier alpha value is -2.49. The van der Waals surface area contributed by atoms with Crippen LogP contribution < -0.4 is 0 Å². The van der Waals surface area contributed by atoms with E-state index in [2.05, 4.69) is 87.6 Å². The van der Waals surface area contributed by atoms with E-state index in [1.165, 1.54) is 16.8 Å². The molecule has 28 heavy (non-hydrogen) atoms. The van der Waals surface area contributed by atoms with Crippen LogP contribution in [-0.4, -0.2) is 40.5 Å². The van der Waals surface area contributed by atoms with Crippen molar-refractivity contribution in [3.63, 3.8) is 0 Å². The highest BCUT2D eigenvalue weighted by atomic mass is 15.3. The SMILES string of the molecule is c1ccc(CN2CCN(Cc3ccccc3)C(CCc3ccccn3)C2)cc1. The van der Waals surface area contributed by atoms with Crippen LogP contribution in [0, 0.1) is 0 Å². The van der Waals surface area contributed by atoms with Crippen molar-refractivity contribution in [2.75, 3.05) is 19.6 Å². The molecule has 0 saturated carbocycles. The maximum atomic E-state index is 4.53. The molecule has 4 rings (SSSR count). The van der Waals surface area contributed by atoms with E-state index in [-0.39, 0.29) is 0 Å². The maximum Gasteiger partial charge on any atom is 0.0404 e. The molecular weight excluding hydrogens is 342 g/mol. The lowest BCUT2D eigenvalue weighted by atomic mass is 10.0. The zero-order chi connectivity index (χ0) is 19.0. The summed E-state index contributed by atoms with van der Waals surface area (Å²) in [7, 11) is 0. The molecule has 144 valence electrons. The van der Waals surface area contributed by atoms with Crippen molar-refractivity contribution < 1.29 is 0 Å². The van der Waals surface area contributed by atoms with Crippen LogP contribution in [0.15, 0.2) is 85.1 Å². The van der Waals surface area contributed by atoms with Crippen LogP contribution in [0.4, 0.5) is 0 Å². The van der Waals surface area contributed by atoms with Crippen LogP contribution in [0.5, 0.6) is 0 Å². The number of nitrogens with zero attached hydrogens (tertiary/aromatic N) is 3. The van der Waals surface area contributed by atoms with E-state index < -0.39 is 0 Å². The van der Waals surface area contributed by atoms with Crippen LogP contribution in [-0.2, 0) is 19.5 Å². The fraction of sp³-hybridized carbons (Fsp3) is 0.320. The molecular formula is C25H29N3. The number of hydrogen-bond donors (Lipinski definition) is 0. The fourth-order valence-electron chi connectivity index (χ4n) is 4.10. The van der Waals surface area contributed by atoms with E-state index in [0.717, 1.165) is 45.6 Å². The first-order valence-electron chi connectivity index (χ1n) is 10.3. The third kappa shape index (κ3) is 5.28. The number of aryl methyl sites for hydroxylation is 1. The standard InChI is InChI=1S/C25H29N3/c1-3-9-22(10-4-1)19-27-17-18-28(20-23-11-5-2-6-12-23)25(21-27)15-14-24-13-7-8-16-26-24/h1-13,16,25H,14-15,17-21H2. The molecule has 0 aliphatic carbocycles. The van der Waals surface area contributed by atoms with Crippen LogP contribution in [0.25, 0.3) is 0 Å². The minimum absolute atomic E-state index is 0.555. The van der Waals surface area contributed by atoms with Gasteiger partial charge in [-0.3, -0.25) is 14.8 Å². The number of benzene rings is 2. The van der Waals surface area contributed by atoms with Crippen molar-refractivity contribution in [1.82, 2.24) is 14.8 Å². The number of aromatic nitrogens is 1. The third-order valence-electron chi connectivity index (χ3n) is 5.63. The minimum Gasteiger partial charge on any atom is -0.296 e. The quantitative estimate of drug-likeness (QED) is 0.614. The maximum absolute atomic E-state index is 4.53. The number of hydrogen-bond acceptors (Lipinski definition) is 3. The predicted molar refractivity (Wildman–Crippen MR) is 115 cm³/mol. The average Bonchev–Trinajstić information content (AvgIpc) is 2.76. The molecule has 2 heterocycles. The Morgan fingerprint density at radius 1 is 0.750 bits per heavy atom. The molecule has 3 aromatic rings. The molecule has 1 aliphatic rings. The Labute approximate surface area is 168 Å². The van der Waals surface area contributed by atoms with Crippen molar-refractivity contribution in [2.45, 2.75) is 32.0 Å². The summed E-state index contributed by atoms with van der Waals surface area (Å²) in [6.45, 7) is 5.44. The van der Waals surface area contributed by atoms with E-state index >= 15 is 0 Å². The highest BCUT2D eigenvalue weighted by molar-refractivity contribution is 5.16.